The molecule has 1 rings (SSSR count). The summed E-state index contributed by atoms with van der Waals surface area (Å²) in [5.74, 6) is 0. The summed E-state index contributed by atoms with van der Waals surface area (Å²) in [4.78, 5) is 21.3. The Labute approximate surface area is 138 Å². The van der Waals surface area contributed by atoms with Crippen molar-refractivity contribution in [3.63, 3.8) is 0 Å². The number of carbonyl (C=O) groups excluding carboxylic acids is 2. The molecule has 0 aliphatic rings. The second-order valence-electron chi connectivity index (χ2n) is 6.70. The van der Waals surface area contributed by atoms with Crippen LogP contribution in [0.15, 0.2) is 18.2 Å². The highest BCUT2D eigenvalue weighted by atomic mass is 16.3. The second kappa shape index (κ2) is 9.55. The van der Waals surface area contributed by atoms with E-state index in [4.69, 9.17) is 15.3 Å². The Kier molecular flexibility index (Phi) is 8.90. The van der Waals surface area contributed by atoms with Crippen molar-refractivity contribution in [1.29, 1.82) is 0 Å². The Hall–Kier alpha value is -1.56. The first-order valence-corrected chi connectivity index (χ1v) is 7.60. The van der Waals surface area contributed by atoms with Gasteiger partial charge in [0.05, 0.1) is 19.8 Å². The quantitative estimate of drug-likeness (QED) is 0.695. The molecule has 1 aromatic rings. The Bertz CT molecular complexity index is 455. The largest absolute Gasteiger partial charge is 0.396 e. The molecule has 0 bridgehead atoms. The molecule has 130 valence electrons. The minimum atomic E-state index is -0.667. The lowest BCUT2D eigenvalue weighted by Gasteiger charge is -2.24. The molecule has 0 atom stereocenters. The van der Waals surface area contributed by atoms with Crippen molar-refractivity contribution in [3.8, 4) is 0 Å². The molecule has 0 unspecified atom stereocenters. The van der Waals surface area contributed by atoms with E-state index in [1.165, 1.54) is 0 Å². The number of aldehydes is 2. The van der Waals surface area contributed by atoms with Crippen LogP contribution in [0.4, 0.5) is 0 Å². The number of hydrogen-bond acceptors (Lipinski definition) is 5. The first-order valence-electron chi connectivity index (χ1n) is 7.60. The molecular weight excluding hydrogens is 296 g/mol. The van der Waals surface area contributed by atoms with Crippen LogP contribution in [0.25, 0.3) is 0 Å². The number of aliphatic hydroxyl groups excluding tert-OH is 3. The van der Waals surface area contributed by atoms with Gasteiger partial charge in [-0.2, -0.15) is 0 Å². The van der Waals surface area contributed by atoms with Crippen LogP contribution in [0.2, 0.25) is 0 Å². The first kappa shape index (κ1) is 21.4. The molecule has 0 amide bonds. The highest BCUT2D eigenvalue weighted by molar-refractivity contribution is 5.82. The van der Waals surface area contributed by atoms with Crippen molar-refractivity contribution in [2.45, 2.75) is 39.5 Å². The smallest absolute Gasteiger partial charge is 0.150 e. The zero-order chi connectivity index (χ0) is 18.1. The molecule has 0 saturated heterocycles. The van der Waals surface area contributed by atoms with Crippen LogP contribution in [-0.4, -0.2) is 47.7 Å². The maximum Gasteiger partial charge on any atom is 0.150 e. The first-order chi connectivity index (χ1) is 10.7. The monoisotopic (exact) mass is 324 g/mol. The standard InChI is InChI=1S/C12H14O2.C6H14O3/c1-12(2,3)11-5-9(7-13)4-10(6-11)8-14;1-2-6(3-7,4-8)5-9/h4-8H,1-3H3;7-9H,2-5H2,1H3. The van der Waals surface area contributed by atoms with Crippen molar-refractivity contribution >= 4 is 12.6 Å². The summed E-state index contributed by atoms with van der Waals surface area (Å²) in [6.07, 6.45) is 2.13. The molecule has 3 N–H and O–H groups in total. The fourth-order valence-corrected chi connectivity index (χ4v) is 1.73. The number of rotatable bonds is 6. The molecule has 5 heteroatoms. The van der Waals surface area contributed by atoms with E-state index in [0.717, 1.165) is 18.1 Å². The highest BCUT2D eigenvalue weighted by Crippen LogP contribution is 2.23. The molecule has 0 radical (unpaired) electrons. The molecular formula is C18H28O5. The third-order valence-corrected chi connectivity index (χ3v) is 3.87. The van der Waals surface area contributed by atoms with E-state index in [1.807, 2.05) is 39.8 Å². The van der Waals surface area contributed by atoms with Gasteiger partial charge in [-0.1, -0.05) is 27.7 Å². The Balaban J connectivity index is 0.000000468. The molecule has 0 spiro atoms. The molecule has 0 saturated carbocycles. The van der Waals surface area contributed by atoms with Gasteiger partial charge in [-0.15, -0.1) is 0 Å². The molecule has 0 aromatic heterocycles. The minimum Gasteiger partial charge on any atom is -0.396 e. The summed E-state index contributed by atoms with van der Waals surface area (Å²) in [6.45, 7) is 7.49. The fraction of sp³-hybridized carbons (Fsp3) is 0.556. The Morgan fingerprint density at radius 1 is 0.870 bits per heavy atom. The number of aliphatic hydroxyl groups is 3. The summed E-state index contributed by atoms with van der Waals surface area (Å²) >= 11 is 0. The van der Waals surface area contributed by atoms with Crippen molar-refractivity contribution in [3.05, 3.63) is 34.9 Å². The summed E-state index contributed by atoms with van der Waals surface area (Å²) < 4.78 is 0. The van der Waals surface area contributed by atoms with Crippen LogP contribution in [-0.2, 0) is 5.41 Å². The predicted molar refractivity (Wildman–Crippen MR) is 89.9 cm³/mol. The average Bonchev–Trinajstić information content (AvgIpc) is 2.56. The molecule has 0 aliphatic heterocycles. The van der Waals surface area contributed by atoms with Gasteiger partial charge in [0.25, 0.3) is 0 Å². The van der Waals surface area contributed by atoms with Crippen LogP contribution in [0.5, 0.6) is 0 Å². The number of carbonyl (C=O) groups is 2. The van der Waals surface area contributed by atoms with Crippen LogP contribution in [0.1, 0.15) is 60.4 Å². The van der Waals surface area contributed by atoms with E-state index in [0.29, 0.717) is 17.5 Å². The SMILES string of the molecule is CC(C)(C)c1cc(C=O)cc(C=O)c1.CCC(CO)(CO)CO. The molecule has 0 heterocycles. The van der Waals surface area contributed by atoms with E-state index < -0.39 is 5.41 Å². The predicted octanol–water partition coefficient (Wildman–Crippen LogP) is 1.97. The maximum atomic E-state index is 10.6. The molecule has 0 fully saturated rings. The van der Waals surface area contributed by atoms with Gasteiger partial charge in [-0.05, 0) is 35.6 Å². The third kappa shape index (κ3) is 6.60. The van der Waals surface area contributed by atoms with Crippen molar-refractivity contribution in [2.24, 2.45) is 5.41 Å². The minimum absolute atomic E-state index is 0.0449. The lowest BCUT2D eigenvalue weighted by atomic mass is 9.85. The molecule has 23 heavy (non-hydrogen) atoms. The Morgan fingerprint density at radius 2 is 1.26 bits per heavy atom. The summed E-state index contributed by atoms with van der Waals surface area (Å²) in [5.41, 5.74) is 1.40. The van der Waals surface area contributed by atoms with Crippen LogP contribution >= 0.6 is 0 Å². The van der Waals surface area contributed by atoms with Crippen LogP contribution < -0.4 is 0 Å². The Morgan fingerprint density at radius 3 is 1.43 bits per heavy atom. The van der Waals surface area contributed by atoms with Gasteiger partial charge in [-0.25, -0.2) is 0 Å². The molecule has 1 aromatic carbocycles. The fourth-order valence-electron chi connectivity index (χ4n) is 1.73. The maximum absolute atomic E-state index is 10.6. The molecule has 5 nitrogen and oxygen atoms in total. The van der Waals surface area contributed by atoms with Crippen molar-refractivity contribution < 1.29 is 24.9 Å². The second-order valence-corrected chi connectivity index (χ2v) is 6.70. The van der Waals surface area contributed by atoms with Gasteiger partial charge in [0, 0.05) is 16.5 Å². The van der Waals surface area contributed by atoms with Gasteiger partial charge in [-0.3, -0.25) is 9.59 Å². The van der Waals surface area contributed by atoms with Gasteiger partial charge in [0.15, 0.2) is 0 Å². The summed E-state index contributed by atoms with van der Waals surface area (Å²) in [6, 6.07) is 5.23. The average molecular weight is 324 g/mol. The van der Waals surface area contributed by atoms with E-state index in [2.05, 4.69) is 0 Å². The highest BCUT2D eigenvalue weighted by Gasteiger charge is 2.24. The zero-order valence-corrected chi connectivity index (χ0v) is 14.4. The van der Waals surface area contributed by atoms with Crippen LogP contribution in [0.3, 0.4) is 0 Å². The summed E-state index contributed by atoms with van der Waals surface area (Å²) in [5, 5.41) is 26.0. The van der Waals surface area contributed by atoms with E-state index >= 15 is 0 Å². The van der Waals surface area contributed by atoms with Gasteiger partial charge < -0.3 is 15.3 Å². The van der Waals surface area contributed by atoms with E-state index in [1.54, 1.807) is 6.07 Å². The van der Waals surface area contributed by atoms with Gasteiger partial charge in [0.2, 0.25) is 0 Å². The lowest BCUT2D eigenvalue weighted by molar-refractivity contribution is 0.00304. The number of benzene rings is 1. The third-order valence-electron chi connectivity index (χ3n) is 3.87. The zero-order valence-electron chi connectivity index (χ0n) is 14.4. The molecule has 0 aliphatic carbocycles. The lowest BCUT2D eigenvalue weighted by Crippen LogP contribution is -2.32. The van der Waals surface area contributed by atoms with Crippen molar-refractivity contribution in [1.82, 2.24) is 0 Å². The normalized spacial score (nSPS) is 11.4. The summed E-state index contributed by atoms with van der Waals surface area (Å²) in [7, 11) is 0. The number of hydrogen-bond donors (Lipinski definition) is 3. The topological polar surface area (TPSA) is 94.8 Å². The van der Waals surface area contributed by atoms with E-state index in [-0.39, 0.29) is 25.2 Å². The van der Waals surface area contributed by atoms with Gasteiger partial charge >= 0.3 is 0 Å². The van der Waals surface area contributed by atoms with Crippen molar-refractivity contribution in [2.75, 3.05) is 19.8 Å². The van der Waals surface area contributed by atoms with E-state index in [9.17, 15) is 9.59 Å². The van der Waals surface area contributed by atoms with Crippen LogP contribution in [0, 0.1) is 5.41 Å². The van der Waals surface area contributed by atoms with Gasteiger partial charge in [0.1, 0.15) is 12.6 Å².